The van der Waals surface area contributed by atoms with Crippen molar-refractivity contribution in [2.75, 3.05) is 6.61 Å². The first-order valence-electron chi connectivity index (χ1n) is 5.06. The fourth-order valence-electron chi connectivity index (χ4n) is 1.66. The lowest BCUT2D eigenvalue weighted by atomic mass is 10.2. The van der Waals surface area contributed by atoms with Crippen LogP contribution in [0.3, 0.4) is 0 Å². The first kappa shape index (κ1) is 10.6. The molecule has 5 heteroatoms. The molecule has 0 fully saturated rings. The number of aliphatic hydroxyl groups excluding tert-OH is 1. The van der Waals surface area contributed by atoms with E-state index in [-0.39, 0.29) is 12.2 Å². The second kappa shape index (κ2) is 4.32. The third-order valence-electron chi connectivity index (χ3n) is 2.48. The Kier molecular flexibility index (Phi) is 2.87. The lowest BCUT2D eigenvalue weighted by molar-refractivity contribution is 0.299. The summed E-state index contributed by atoms with van der Waals surface area (Å²) in [5, 5.41) is 11.9. The number of nitrogens with zero attached hydrogens (tertiary/aromatic N) is 2. The van der Waals surface area contributed by atoms with Gasteiger partial charge in [0.1, 0.15) is 0 Å². The topological polar surface area (TPSA) is 70.9 Å². The molecule has 0 saturated heterocycles. The Balaban J connectivity index is 2.52. The summed E-state index contributed by atoms with van der Waals surface area (Å²) in [4.78, 5) is 15.9. The van der Waals surface area contributed by atoms with E-state index in [9.17, 15) is 4.79 Å². The van der Waals surface area contributed by atoms with Gasteiger partial charge in [-0.25, -0.2) is 4.68 Å². The SMILES string of the molecule is Cc1[nH]n(-c2ccncc2)c(=O)c1CCO. The van der Waals surface area contributed by atoms with Crippen LogP contribution in [0.2, 0.25) is 0 Å². The fourth-order valence-corrected chi connectivity index (χ4v) is 1.66. The summed E-state index contributed by atoms with van der Waals surface area (Å²) in [6, 6.07) is 3.50. The van der Waals surface area contributed by atoms with Crippen LogP contribution in [0, 0.1) is 6.92 Å². The zero-order chi connectivity index (χ0) is 11.5. The Labute approximate surface area is 92.4 Å². The highest BCUT2D eigenvalue weighted by Gasteiger charge is 2.11. The quantitative estimate of drug-likeness (QED) is 0.785. The van der Waals surface area contributed by atoms with Crippen LogP contribution in [-0.2, 0) is 6.42 Å². The Morgan fingerprint density at radius 2 is 2.12 bits per heavy atom. The van der Waals surface area contributed by atoms with Gasteiger partial charge in [-0.15, -0.1) is 0 Å². The van der Waals surface area contributed by atoms with Crippen LogP contribution >= 0.6 is 0 Å². The molecule has 0 saturated carbocycles. The zero-order valence-electron chi connectivity index (χ0n) is 8.97. The van der Waals surface area contributed by atoms with Crippen molar-refractivity contribution in [1.82, 2.24) is 14.8 Å². The maximum absolute atomic E-state index is 12.0. The molecule has 0 aromatic carbocycles. The molecule has 2 aromatic heterocycles. The van der Waals surface area contributed by atoms with Crippen LogP contribution in [-0.4, -0.2) is 26.5 Å². The van der Waals surface area contributed by atoms with Gasteiger partial charge in [0.25, 0.3) is 5.56 Å². The van der Waals surface area contributed by atoms with Crippen molar-refractivity contribution in [2.45, 2.75) is 13.3 Å². The third kappa shape index (κ3) is 1.77. The number of nitrogens with one attached hydrogen (secondary N) is 1. The molecule has 0 radical (unpaired) electrons. The minimum absolute atomic E-state index is 0.0235. The molecule has 0 amide bonds. The first-order chi connectivity index (χ1) is 7.74. The van der Waals surface area contributed by atoms with E-state index >= 15 is 0 Å². The lowest BCUT2D eigenvalue weighted by Gasteiger charge is -1.99. The highest BCUT2D eigenvalue weighted by molar-refractivity contribution is 5.30. The predicted molar refractivity (Wildman–Crippen MR) is 59.7 cm³/mol. The van der Waals surface area contributed by atoms with Crippen LogP contribution in [0.25, 0.3) is 5.69 Å². The number of aryl methyl sites for hydroxylation is 1. The van der Waals surface area contributed by atoms with E-state index in [4.69, 9.17) is 5.11 Å². The van der Waals surface area contributed by atoms with Crippen LogP contribution in [0.5, 0.6) is 0 Å². The summed E-state index contributed by atoms with van der Waals surface area (Å²) >= 11 is 0. The van der Waals surface area contributed by atoms with Crippen LogP contribution in [0.4, 0.5) is 0 Å². The Morgan fingerprint density at radius 3 is 2.75 bits per heavy atom. The largest absolute Gasteiger partial charge is 0.396 e. The fraction of sp³-hybridized carbons (Fsp3) is 0.273. The van der Waals surface area contributed by atoms with E-state index < -0.39 is 0 Å². The van der Waals surface area contributed by atoms with Gasteiger partial charge in [0.05, 0.1) is 5.69 Å². The van der Waals surface area contributed by atoms with Gasteiger partial charge in [-0.05, 0) is 19.1 Å². The normalized spacial score (nSPS) is 10.6. The summed E-state index contributed by atoms with van der Waals surface area (Å²) in [7, 11) is 0. The monoisotopic (exact) mass is 219 g/mol. The van der Waals surface area contributed by atoms with Crippen molar-refractivity contribution in [3.63, 3.8) is 0 Å². The third-order valence-corrected chi connectivity index (χ3v) is 2.48. The Morgan fingerprint density at radius 1 is 1.44 bits per heavy atom. The van der Waals surface area contributed by atoms with Crippen LogP contribution < -0.4 is 5.56 Å². The first-order valence-corrected chi connectivity index (χ1v) is 5.06. The van der Waals surface area contributed by atoms with E-state index in [2.05, 4.69) is 10.1 Å². The molecule has 16 heavy (non-hydrogen) atoms. The van der Waals surface area contributed by atoms with Gasteiger partial charge in [-0.2, -0.15) is 0 Å². The van der Waals surface area contributed by atoms with Gasteiger partial charge >= 0.3 is 0 Å². The number of hydrogen-bond donors (Lipinski definition) is 2. The second-order valence-corrected chi connectivity index (χ2v) is 3.53. The molecule has 2 rings (SSSR count). The molecule has 5 nitrogen and oxygen atoms in total. The second-order valence-electron chi connectivity index (χ2n) is 3.53. The van der Waals surface area contributed by atoms with Gasteiger partial charge in [0.15, 0.2) is 0 Å². The molecule has 0 aliphatic carbocycles. The molecular weight excluding hydrogens is 206 g/mol. The molecule has 0 aliphatic rings. The summed E-state index contributed by atoms with van der Waals surface area (Å²) in [6.45, 7) is 1.80. The van der Waals surface area contributed by atoms with Crippen molar-refractivity contribution >= 4 is 0 Å². The van der Waals surface area contributed by atoms with Crippen molar-refractivity contribution in [3.8, 4) is 5.69 Å². The van der Waals surface area contributed by atoms with E-state index in [0.717, 1.165) is 11.4 Å². The van der Waals surface area contributed by atoms with Crippen LogP contribution in [0.15, 0.2) is 29.3 Å². The van der Waals surface area contributed by atoms with Gasteiger partial charge in [-0.3, -0.25) is 14.9 Å². The van der Waals surface area contributed by atoms with E-state index in [1.807, 2.05) is 6.92 Å². The van der Waals surface area contributed by atoms with Gasteiger partial charge in [0, 0.05) is 36.7 Å². The summed E-state index contributed by atoms with van der Waals surface area (Å²) in [5.41, 5.74) is 2.04. The molecule has 0 spiro atoms. The zero-order valence-corrected chi connectivity index (χ0v) is 8.97. The molecule has 0 bridgehead atoms. The molecule has 0 unspecified atom stereocenters. The van der Waals surface area contributed by atoms with Gasteiger partial charge < -0.3 is 5.11 Å². The van der Waals surface area contributed by atoms with Crippen molar-refractivity contribution in [2.24, 2.45) is 0 Å². The van der Waals surface area contributed by atoms with Crippen molar-refractivity contribution in [3.05, 3.63) is 46.1 Å². The molecule has 84 valence electrons. The number of aromatic nitrogens is 3. The van der Waals surface area contributed by atoms with E-state index in [1.54, 1.807) is 24.5 Å². The molecule has 0 atom stereocenters. The molecule has 2 heterocycles. The molecule has 2 aromatic rings. The number of pyridine rings is 1. The number of aromatic amines is 1. The maximum Gasteiger partial charge on any atom is 0.274 e. The van der Waals surface area contributed by atoms with E-state index in [1.165, 1.54) is 4.68 Å². The van der Waals surface area contributed by atoms with Gasteiger partial charge in [-0.1, -0.05) is 0 Å². The summed E-state index contributed by atoms with van der Waals surface area (Å²) in [5.74, 6) is 0. The average Bonchev–Trinajstić information content (AvgIpc) is 2.59. The number of rotatable bonds is 3. The maximum atomic E-state index is 12.0. The highest BCUT2D eigenvalue weighted by Crippen LogP contribution is 2.05. The Bertz CT molecular complexity index is 528. The lowest BCUT2D eigenvalue weighted by Crippen LogP contribution is -2.18. The Hall–Kier alpha value is -1.88. The van der Waals surface area contributed by atoms with Crippen LogP contribution in [0.1, 0.15) is 11.3 Å². The predicted octanol–water partition coefficient (Wildman–Crippen LogP) is 0.404. The van der Waals surface area contributed by atoms with Crippen molar-refractivity contribution < 1.29 is 5.11 Å². The highest BCUT2D eigenvalue weighted by atomic mass is 16.3. The minimum Gasteiger partial charge on any atom is -0.396 e. The molecular formula is C11H13N3O2. The standard InChI is InChI=1S/C11H13N3O2/c1-8-10(4-7-15)11(16)14(13-8)9-2-5-12-6-3-9/h2-3,5-6,13,15H,4,7H2,1H3. The smallest absolute Gasteiger partial charge is 0.274 e. The number of H-pyrrole nitrogens is 1. The summed E-state index contributed by atoms with van der Waals surface area (Å²) in [6.07, 6.45) is 3.63. The van der Waals surface area contributed by atoms with Gasteiger partial charge in [0.2, 0.25) is 0 Å². The number of aliphatic hydroxyl groups is 1. The average molecular weight is 219 g/mol. The van der Waals surface area contributed by atoms with Crippen molar-refractivity contribution in [1.29, 1.82) is 0 Å². The minimum atomic E-state index is -0.113. The molecule has 0 aliphatic heterocycles. The van der Waals surface area contributed by atoms with E-state index in [0.29, 0.717) is 12.0 Å². The number of hydrogen-bond acceptors (Lipinski definition) is 3. The molecule has 2 N–H and O–H groups in total. The summed E-state index contributed by atoms with van der Waals surface area (Å²) < 4.78 is 1.46.